The highest BCUT2D eigenvalue weighted by Gasteiger charge is 1.98. The highest BCUT2D eigenvalue weighted by Crippen LogP contribution is 1.82. The molecule has 0 spiro atoms. The van der Waals surface area contributed by atoms with Crippen molar-refractivity contribution in [2.24, 2.45) is 0 Å². The van der Waals surface area contributed by atoms with Gasteiger partial charge in [-0.3, -0.25) is 0 Å². The standard InChI is InChI=1S/C11H26N4O/c1-14(2)9-5-7-12-11(16)13-8-6-10-15(3)4/h5-10H2,1-4H3,(H2,12,13,16). The molecule has 0 aliphatic carbocycles. The van der Waals surface area contributed by atoms with Crippen molar-refractivity contribution in [3.05, 3.63) is 0 Å². The van der Waals surface area contributed by atoms with E-state index in [-0.39, 0.29) is 6.03 Å². The molecule has 0 fully saturated rings. The van der Waals surface area contributed by atoms with Crippen LogP contribution in [0.15, 0.2) is 0 Å². The summed E-state index contributed by atoms with van der Waals surface area (Å²) in [5, 5.41) is 5.67. The van der Waals surface area contributed by atoms with Gasteiger partial charge in [-0.05, 0) is 54.1 Å². The van der Waals surface area contributed by atoms with E-state index < -0.39 is 0 Å². The monoisotopic (exact) mass is 230 g/mol. The van der Waals surface area contributed by atoms with Gasteiger partial charge in [-0.15, -0.1) is 0 Å². The predicted octanol–water partition coefficient (Wildman–Crippen LogP) is 0.189. The normalized spacial score (nSPS) is 10.9. The number of rotatable bonds is 8. The zero-order valence-electron chi connectivity index (χ0n) is 11.0. The van der Waals surface area contributed by atoms with Crippen LogP contribution in [0.3, 0.4) is 0 Å². The van der Waals surface area contributed by atoms with Gasteiger partial charge in [0.1, 0.15) is 0 Å². The van der Waals surface area contributed by atoms with Crippen molar-refractivity contribution >= 4 is 6.03 Å². The molecule has 2 N–H and O–H groups in total. The Bertz CT molecular complexity index is 165. The molecule has 0 heterocycles. The van der Waals surface area contributed by atoms with E-state index in [9.17, 15) is 4.79 Å². The first-order valence-corrected chi connectivity index (χ1v) is 5.83. The molecule has 0 bridgehead atoms. The lowest BCUT2D eigenvalue weighted by atomic mass is 10.4. The summed E-state index contributed by atoms with van der Waals surface area (Å²) in [7, 11) is 8.12. The third-order valence-corrected chi connectivity index (χ3v) is 2.14. The van der Waals surface area contributed by atoms with E-state index in [2.05, 4.69) is 20.4 Å². The molecule has 5 heteroatoms. The van der Waals surface area contributed by atoms with Crippen molar-refractivity contribution in [3.8, 4) is 0 Å². The molecule has 0 unspecified atom stereocenters. The van der Waals surface area contributed by atoms with Crippen LogP contribution in [-0.4, -0.2) is 70.2 Å². The van der Waals surface area contributed by atoms with Gasteiger partial charge in [0.15, 0.2) is 0 Å². The van der Waals surface area contributed by atoms with Gasteiger partial charge in [0.2, 0.25) is 0 Å². The largest absolute Gasteiger partial charge is 0.338 e. The minimum Gasteiger partial charge on any atom is -0.338 e. The lowest BCUT2D eigenvalue weighted by molar-refractivity contribution is 0.239. The zero-order chi connectivity index (χ0) is 12.4. The molecular formula is C11H26N4O. The quantitative estimate of drug-likeness (QED) is 0.585. The van der Waals surface area contributed by atoms with E-state index in [4.69, 9.17) is 0 Å². The molecule has 0 atom stereocenters. The Morgan fingerprint density at radius 2 is 1.25 bits per heavy atom. The summed E-state index contributed by atoms with van der Waals surface area (Å²) in [5.41, 5.74) is 0. The van der Waals surface area contributed by atoms with Gasteiger partial charge in [-0.25, -0.2) is 4.79 Å². The van der Waals surface area contributed by atoms with E-state index in [1.807, 2.05) is 28.2 Å². The molecule has 0 aromatic rings. The Balaban J connectivity index is 3.25. The molecule has 0 aromatic heterocycles. The van der Waals surface area contributed by atoms with E-state index in [1.54, 1.807) is 0 Å². The Kier molecular flexibility index (Phi) is 8.94. The summed E-state index contributed by atoms with van der Waals surface area (Å²) in [5.74, 6) is 0. The van der Waals surface area contributed by atoms with Crippen LogP contribution in [0, 0.1) is 0 Å². The number of hydrogen-bond donors (Lipinski definition) is 2. The molecular weight excluding hydrogens is 204 g/mol. The second-order valence-electron chi connectivity index (χ2n) is 4.50. The number of carbonyl (C=O) groups is 1. The lowest BCUT2D eigenvalue weighted by Gasteiger charge is -2.12. The van der Waals surface area contributed by atoms with Crippen molar-refractivity contribution in [2.75, 3.05) is 54.4 Å². The van der Waals surface area contributed by atoms with Gasteiger partial charge in [0.25, 0.3) is 0 Å². The molecule has 16 heavy (non-hydrogen) atoms. The van der Waals surface area contributed by atoms with Crippen LogP contribution in [0.25, 0.3) is 0 Å². The summed E-state index contributed by atoms with van der Waals surface area (Å²) in [6, 6.07) is -0.0579. The smallest absolute Gasteiger partial charge is 0.314 e. The second-order valence-corrected chi connectivity index (χ2v) is 4.50. The van der Waals surface area contributed by atoms with Crippen molar-refractivity contribution in [1.82, 2.24) is 20.4 Å². The molecule has 0 radical (unpaired) electrons. The van der Waals surface area contributed by atoms with E-state index in [0.717, 1.165) is 39.0 Å². The van der Waals surface area contributed by atoms with Crippen LogP contribution in [-0.2, 0) is 0 Å². The highest BCUT2D eigenvalue weighted by atomic mass is 16.2. The number of nitrogens with zero attached hydrogens (tertiary/aromatic N) is 2. The number of nitrogens with one attached hydrogen (secondary N) is 2. The zero-order valence-corrected chi connectivity index (χ0v) is 11.0. The van der Waals surface area contributed by atoms with Crippen LogP contribution in [0.4, 0.5) is 4.79 Å². The van der Waals surface area contributed by atoms with Crippen molar-refractivity contribution in [2.45, 2.75) is 12.8 Å². The molecule has 96 valence electrons. The van der Waals surface area contributed by atoms with Gasteiger partial charge in [-0.2, -0.15) is 0 Å². The summed E-state index contributed by atoms with van der Waals surface area (Å²) in [6.45, 7) is 3.47. The maximum atomic E-state index is 11.3. The Morgan fingerprint density at radius 1 is 0.875 bits per heavy atom. The van der Waals surface area contributed by atoms with Crippen LogP contribution >= 0.6 is 0 Å². The minimum atomic E-state index is -0.0579. The topological polar surface area (TPSA) is 47.6 Å². The molecule has 5 nitrogen and oxygen atoms in total. The van der Waals surface area contributed by atoms with E-state index >= 15 is 0 Å². The first-order chi connectivity index (χ1) is 7.52. The highest BCUT2D eigenvalue weighted by molar-refractivity contribution is 5.73. The Labute approximate surface area is 99.2 Å². The first kappa shape index (κ1) is 15.2. The van der Waals surface area contributed by atoms with Crippen LogP contribution < -0.4 is 10.6 Å². The first-order valence-electron chi connectivity index (χ1n) is 5.83. The third kappa shape index (κ3) is 11.3. The Morgan fingerprint density at radius 3 is 1.56 bits per heavy atom. The Hall–Kier alpha value is -0.810. The number of carbonyl (C=O) groups excluding carboxylic acids is 1. The summed E-state index contributed by atoms with van der Waals surface area (Å²) >= 11 is 0. The number of urea groups is 1. The van der Waals surface area contributed by atoms with Gasteiger partial charge in [0, 0.05) is 13.1 Å². The molecule has 0 aliphatic heterocycles. The molecule has 0 saturated carbocycles. The molecule has 0 saturated heterocycles. The van der Waals surface area contributed by atoms with Crippen molar-refractivity contribution in [1.29, 1.82) is 0 Å². The van der Waals surface area contributed by atoms with Crippen LogP contribution in [0.1, 0.15) is 12.8 Å². The van der Waals surface area contributed by atoms with Gasteiger partial charge in [0.05, 0.1) is 0 Å². The SMILES string of the molecule is CN(C)CCCNC(=O)NCCCN(C)C. The second kappa shape index (κ2) is 9.42. The van der Waals surface area contributed by atoms with Crippen LogP contribution in [0.2, 0.25) is 0 Å². The molecule has 0 aliphatic rings. The van der Waals surface area contributed by atoms with E-state index in [1.165, 1.54) is 0 Å². The number of amides is 2. The third-order valence-electron chi connectivity index (χ3n) is 2.14. The van der Waals surface area contributed by atoms with E-state index in [0.29, 0.717) is 0 Å². The van der Waals surface area contributed by atoms with Gasteiger partial charge in [-0.1, -0.05) is 0 Å². The molecule has 0 aromatic carbocycles. The molecule has 0 rings (SSSR count). The summed E-state index contributed by atoms with van der Waals surface area (Å²) in [6.07, 6.45) is 1.97. The fourth-order valence-electron chi connectivity index (χ4n) is 1.26. The van der Waals surface area contributed by atoms with Gasteiger partial charge >= 0.3 is 6.03 Å². The number of hydrogen-bond acceptors (Lipinski definition) is 3. The van der Waals surface area contributed by atoms with Crippen LogP contribution in [0.5, 0.6) is 0 Å². The maximum Gasteiger partial charge on any atom is 0.314 e. The lowest BCUT2D eigenvalue weighted by Crippen LogP contribution is -2.37. The fourth-order valence-corrected chi connectivity index (χ4v) is 1.26. The minimum absolute atomic E-state index is 0.0579. The van der Waals surface area contributed by atoms with Gasteiger partial charge < -0.3 is 20.4 Å². The fraction of sp³-hybridized carbons (Fsp3) is 0.909. The summed E-state index contributed by atoms with van der Waals surface area (Å²) in [4.78, 5) is 15.5. The average Bonchev–Trinajstić information content (AvgIpc) is 2.19. The van der Waals surface area contributed by atoms with Crippen molar-refractivity contribution < 1.29 is 4.79 Å². The average molecular weight is 230 g/mol. The molecule has 2 amide bonds. The predicted molar refractivity (Wildman–Crippen MR) is 67.7 cm³/mol. The van der Waals surface area contributed by atoms with Crippen molar-refractivity contribution in [3.63, 3.8) is 0 Å². The summed E-state index contributed by atoms with van der Waals surface area (Å²) < 4.78 is 0. The maximum absolute atomic E-state index is 11.3.